The second-order valence-electron chi connectivity index (χ2n) is 13.3. The van der Waals surface area contributed by atoms with Crippen molar-refractivity contribution in [1.29, 1.82) is 0 Å². The summed E-state index contributed by atoms with van der Waals surface area (Å²) in [5, 5.41) is 0. The summed E-state index contributed by atoms with van der Waals surface area (Å²) in [5.41, 5.74) is 3.08. The van der Waals surface area contributed by atoms with Gasteiger partial charge in [-0.1, -0.05) is 114 Å². The smallest absolute Gasteiger partial charge is 0.162 e. The molecule has 3 nitrogen and oxygen atoms in total. The molecule has 0 aliphatic heterocycles. The average molecular weight is 571 g/mol. The van der Waals surface area contributed by atoms with E-state index in [0.29, 0.717) is 19.3 Å². The zero-order chi connectivity index (χ0) is 31.8. The first-order chi connectivity index (χ1) is 19.6. The lowest BCUT2D eigenvalue weighted by Crippen LogP contribution is -2.16. The summed E-state index contributed by atoms with van der Waals surface area (Å²) in [5.74, 6) is 0.763. The Labute approximate surface area is 256 Å². The van der Waals surface area contributed by atoms with Crippen LogP contribution in [0.2, 0.25) is 0 Å². The fraction of sp³-hybridized carbons (Fsp3) is 0.462. The van der Waals surface area contributed by atoms with Gasteiger partial charge in [0, 0.05) is 30.3 Å². The van der Waals surface area contributed by atoms with Crippen LogP contribution in [0.25, 0.3) is 0 Å². The molecule has 0 N–H and O–H groups in total. The summed E-state index contributed by atoms with van der Waals surface area (Å²) >= 11 is 0. The van der Waals surface area contributed by atoms with E-state index in [0.717, 1.165) is 55.2 Å². The fourth-order valence-corrected chi connectivity index (χ4v) is 4.82. The number of ketones is 3. The van der Waals surface area contributed by atoms with Crippen molar-refractivity contribution in [2.45, 2.75) is 99.3 Å². The molecule has 0 fully saturated rings. The van der Waals surface area contributed by atoms with Crippen molar-refractivity contribution in [3.8, 4) is 0 Å². The minimum atomic E-state index is 0.0391. The third-order valence-electron chi connectivity index (χ3n) is 7.17. The van der Waals surface area contributed by atoms with Gasteiger partial charge in [-0.2, -0.15) is 0 Å². The Bertz CT molecular complexity index is 1170. The van der Waals surface area contributed by atoms with Crippen LogP contribution in [-0.2, 0) is 14.4 Å². The van der Waals surface area contributed by atoms with Gasteiger partial charge in [0.05, 0.1) is 0 Å². The van der Waals surface area contributed by atoms with Gasteiger partial charge in [0.1, 0.15) is 0 Å². The van der Waals surface area contributed by atoms with Crippen LogP contribution < -0.4 is 0 Å². The molecule has 0 spiro atoms. The van der Waals surface area contributed by atoms with E-state index in [1.165, 1.54) is 0 Å². The Morgan fingerprint density at radius 2 is 1.26 bits per heavy atom. The van der Waals surface area contributed by atoms with Crippen LogP contribution in [0, 0.1) is 16.2 Å². The summed E-state index contributed by atoms with van der Waals surface area (Å²) in [4.78, 5) is 35.1. The Kier molecular flexibility index (Phi) is 15.4. The number of allylic oxidation sites excluding steroid dienone is 15. The monoisotopic (exact) mass is 570 g/mol. The maximum atomic E-state index is 11.7. The Balaban J connectivity index is 0.000000315. The van der Waals surface area contributed by atoms with Crippen molar-refractivity contribution < 1.29 is 14.4 Å². The summed E-state index contributed by atoms with van der Waals surface area (Å²) < 4.78 is 0. The minimum Gasteiger partial charge on any atom is -0.295 e. The lowest BCUT2D eigenvalue weighted by molar-refractivity contribution is -0.116. The molecule has 3 aliphatic carbocycles. The Morgan fingerprint density at radius 1 is 0.714 bits per heavy atom. The highest BCUT2D eigenvalue weighted by atomic mass is 16.1. The molecule has 42 heavy (non-hydrogen) atoms. The number of Topliss-reactive ketones (excluding diaryl/α,β-unsaturated/α-hetero) is 3. The predicted octanol–water partition coefficient (Wildman–Crippen LogP) is 10.3. The van der Waals surface area contributed by atoms with E-state index in [1.54, 1.807) is 18.2 Å². The molecule has 0 aromatic heterocycles. The van der Waals surface area contributed by atoms with Gasteiger partial charge in [0.25, 0.3) is 0 Å². The van der Waals surface area contributed by atoms with Crippen molar-refractivity contribution in [2.24, 2.45) is 16.2 Å². The highest BCUT2D eigenvalue weighted by Crippen LogP contribution is 2.32. The predicted molar refractivity (Wildman–Crippen MR) is 180 cm³/mol. The molecular weight excluding hydrogens is 516 g/mol. The number of hydrogen-bond acceptors (Lipinski definition) is 3. The van der Waals surface area contributed by atoms with Crippen LogP contribution in [-0.4, -0.2) is 17.3 Å². The largest absolute Gasteiger partial charge is 0.295 e. The molecule has 3 aliphatic rings. The summed E-state index contributed by atoms with van der Waals surface area (Å²) in [6, 6.07) is 0. The molecule has 0 aromatic rings. The van der Waals surface area contributed by atoms with Gasteiger partial charge in [-0.3, -0.25) is 14.4 Å². The molecule has 0 saturated heterocycles. The van der Waals surface area contributed by atoms with Crippen LogP contribution in [0.3, 0.4) is 0 Å². The zero-order valence-electron chi connectivity index (χ0n) is 27.1. The molecule has 0 atom stereocenters. The van der Waals surface area contributed by atoms with Gasteiger partial charge in [-0.15, -0.1) is 19.7 Å². The van der Waals surface area contributed by atoms with E-state index in [1.807, 2.05) is 18.2 Å². The van der Waals surface area contributed by atoms with Gasteiger partial charge in [-0.05, 0) is 60.5 Å². The molecule has 0 aromatic carbocycles. The van der Waals surface area contributed by atoms with Crippen molar-refractivity contribution in [3.63, 3.8) is 0 Å². The fourth-order valence-electron chi connectivity index (χ4n) is 4.82. The van der Waals surface area contributed by atoms with Crippen molar-refractivity contribution in [3.05, 3.63) is 109 Å². The SMILES string of the molecule is C=CCCC(=O)C1=CC(C)(C)C=CC1.C=CCCC(=O)C1=CC(C)(C)CC=C1.C=CCCC(=O)C1=CC=CC(C)(C)C1. The molecule has 0 heterocycles. The first-order valence-corrected chi connectivity index (χ1v) is 15.2. The topological polar surface area (TPSA) is 51.2 Å². The van der Waals surface area contributed by atoms with Gasteiger partial charge in [0.2, 0.25) is 0 Å². The van der Waals surface area contributed by atoms with Crippen LogP contribution in [0.15, 0.2) is 109 Å². The van der Waals surface area contributed by atoms with E-state index >= 15 is 0 Å². The average Bonchev–Trinajstić information content (AvgIpc) is 2.92. The number of hydrogen-bond donors (Lipinski definition) is 0. The molecule has 3 heteroatoms. The van der Waals surface area contributed by atoms with Gasteiger partial charge in [-0.25, -0.2) is 0 Å². The first kappa shape index (κ1) is 36.7. The van der Waals surface area contributed by atoms with Crippen LogP contribution >= 0.6 is 0 Å². The van der Waals surface area contributed by atoms with E-state index in [4.69, 9.17) is 0 Å². The van der Waals surface area contributed by atoms with E-state index in [-0.39, 0.29) is 33.6 Å². The number of carbonyl (C=O) groups excluding carboxylic acids is 3. The summed E-state index contributed by atoms with van der Waals surface area (Å²) in [7, 11) is 0. The lowest BCUT2D eigenvalue weighted by atomic mass is 9.80. The highest BCUT2D eigenvalue weighted by Gasteiger charge is 2.22. The van der Waals surface area contributed by atoms with Crippen molar-refractivity contribution in [1.82, 2.24) is 0 Å². The molecule has 3 rings (SSSR count). The maximum Gasteiger partial charge on any atom is 0.162 e. The third-order valence-corrected chi connectivity index (χ3v) is 7.17. The quantitative estimate of drug-likeness (QED) is 0.219. The molecule has 0 radical (unpaired) electrons. The van der Waals surface area contributed by atoms with Crippen LogP contribution in [0.5, 0.6) is 0 Å². The normalized spacial score (nSPS) is 18.9. The Hall–Kier alpha value is -3.33. The van der Waals surface area contributed by atoms with Crippen molar-refractivity contribution >= 4 is 17.3 Å². The molecule has 0 amide bonds. The first-order valence-electron chi connectivity index (χ1n) is 15.2. The zero-order valence-corrected chi connectivity index (χ0v) is 27.1. The molecule has 228 valence electrons. The minimum absolute atomic E-state index is 0.0391. The summed E-state index contributed by atoms with van der Waals surface area (Å²) in [6.07, 6.45) is 30.6. The van der Waals surface area contributed by atoms with E-state index in [2.05, 4.69) is 97.7 Å². The van der Waals surface area contributed by atoms with Crippen LogP contribution in [0.1, 0.15) is 99.3 Å². The molecule has 0 unspecified atom stereocenters. The highest BCUT2D eigenvalue weighted by molar-refractivity contribution is 5.98. The number of carbonyl (C=O) groups is 3. The van der Waals surface area contributed by atoms with Gasteiger partial charge in [0.15, 0.2) is 17.3 Å². The van der Waals surface area contributed by atoms with Crippen molar-refractivity contribution in [2.75, 3.05) is 0 Å². The van der Waals surface area contributed by atoms with Gasteiger partial charge < -0.3 is 0 Å². The standard InChI is InChI=1S/3C13H18O/c3*1-4-5-8-12(14)11-7-6-9-13(2,3)10-11/h4,6,9-10H,1,5,7-8H2,2-3H3;4,6-7,10H,1,5,8-9H2,2-3H3;4,6-7,9H,1,5,8,10H2,2-3H3. The molecular formula is C39H54O3. The molecule has 0 saturated carbocycles. The Morgan fingerprint density at radius 3 is 1.76 bits per heavy atom. The number of rotatable bonds is 12. The molecule has 0 bridgehead atoms. The second kappa shape index (κ2) is 17.6. The summed E-state index contributed by atoms with van der Waals surface area (Å²) in [6.45, 7) is 23.7. The van der Waals surface area contributed by atoms with Gasteiger partial charge >= 0.3 is 0 Å². The lowest BCUT2D eigenvalue weighted by Gasteiger charge is -2.24. The maximum absolute atomic E-state index is 11.7. The third kappa shape index (κ3) is 14.5. The second-order valence-corrected chi connectivity index (χ2v) is 13.3. The van der Waals surface area contributed by atoms with E-state index < -0.39 is 0 Å². The van der Waals surface area contributed by atoms with E-state index in [9.17, 15) is 14.4 Å². The van der Waals surface area contributed by atoms with Crippen LogP contribution in [0.4, 0.5) is 0 Å².